The highest BCUT2D eigenvalue weighted by atomic mass is 16.5. The average molecular weight is 186 g/mol. The molecule has 0 aromatic rings. The molecule has 1 N–H and O–H groups in total. The van der Waals surface area contributed by atoms with E-state index in [0.717, 1.165) is 32.7 Å². The Morgan fingerprint density at radius 1 is 1.46 bits per heavy atom. The molecule has 1 atom stereocenters. The second kappa shape index (κ2) is 4.94. The van der Waals surface area contributed by atoms with Gasteiger partial charge >= 0.3 is 0 Å². The maximum absolute atomic E-state index is 5.37. The smallest absolute Gasteiger partial charge is 0.0646 e. The third-order valence-corrected chi connectivity index (χ3v) is 2.55. The number of nitrogens with one attached hydrogen (secondary N) is 1. The molecular formula is C10H22N2O. The maximum atomic E-state index is 5.37. The van der Waals surface area contributed by atoms with Crippen LogP contribution in [-0.4, -0.2) is 50.8 Å². The van der Waals surface area contributed by atoms with Crippen LogP contribution >= 0.6 is 0 Å². The van der Waals surface area contributed by atoms with E-state index < -0.39 is 0 Å². The van der Waals surface area contributed by atoms with E-state index >= 15 is 0 Å². The Hall–Kier alpha value is -0.120. The van der Waals surface area contributed by atoms with E-state index in [9.17, 15) is 0 Å². The first-order valence-electron chi connectivity index (χ1n) is 5.10. The van der Waals surface area contributed by atoms with Gasteiger partial charge in [0, 0.05) is 12.1 Å². The van der Waals surface area contributed by atoms with E-state index in [2.05, 4.69) is 31.2 Å². The molecule has 1 aliphatic heterocycles. The Kier molecular flexibility index (Phi) is 4.16. The quantitative estimate of drug-likeness (QED) is 0.640. The molecule has 0 aromatic heterocycles. The molecule has 1 rings (SSSR count). The lowest BCUT2D eigenvalue weighted by molar-refractivity contribution is 0.171. The molecule has 1 unspecified atom stereocenters. The van der Waals surface area contributed by atoms with Crippen molar-refractivity contribution in [2.45, 2.75) is 25.3 Å². The maximum Gasteiger partial charge on any atom is 0.0646 e. The van der Waals surface area contributed by atoms with E-state index in [-0.39, 0.29) is 5.54 Å². The van der Waals surface area contributed by atoms with Crippen LogP contribution < -0.4 is 5.32 Å². The van der Waals surface area contributed by atoms with Crippen LogP contribution in [0.1, 0.15) is 19.8 Å². The average Bonchev–Trinajstić information content (AvgIpc) is 2.47. The summed E-state index contributed by atoms with van der Waals surface area (Å²) in [6.45, 7) is 6.28. The van der Waals surface area contributed by atoms with Crippen LogP contribution in [0.4, 0.5) is 0 Å². The molecule has 0 aliphatic carbocycles. The highest BCUT2D eigenvalue weighted by Crippen LogP contribution is 2.16. The van der Waals surface area contributed by atoms with Crippen molar-refractivity contribution in [2.24, 2.45) is 0 Å². The molecule has 13 heavy (non-hydrogen) atoms. The van der Waals surface area contributed by atoms with Gasteiger partial charge in [0.1, 0.15) is 0 Å². The first-order chi connectivity index (χ1) is 6.12. The van der Waals surface area contributed by atoms with E-state index in [1.165, 1.54) is 6.42 Å². The molecule has 3 heteroatoms. The zero-order chi connectivity index (χ0) is 9.73. The Morgan fingerprint density at radius 3 is 2.77 bits per heavy atom. The van der Waals surface area contributed by atoms with E-state index in [1.807, 2.05) is 0 Å². The largest absolute Gasteiger partial charge is 0.379 e. The van der Waals surface area contributed by atoms with Gasteiger partial charge in [0.05, 0.1) is 6.61 Å². The number of hydrogen-bond donors (Lipinski definition) is 1. The minimum Gasteiger partial charge on any atom is -0.379 e. The molecule has 3 nitrogen and oxygen atoms in total. The summed E-state index contributed by atoms with van der Waals surface area (Å²) < 4.78 is 5.37. The summed E-state index contributed by atoms with van der Waals surface area (Å²) in [7, 11) is 4.22. The van der Waals surface area contributed by atoms with Gasteiger partial charge in [-0.15, -0.1) is 0 Å². The van der Waals surface area contributed by atoms with Crippen molar-refractivity contribution < 1.29 is 4.74 Å². The summed E-state index contributed by atoms with van der Waals surface area (Å²) in [5, 5.41) is 3.56. The van der Waals surface area contributed by atoms with Gasteiger partial charge in [-0.1, -0.05) is 0 Å². The van der Waals surface area contributed by atoms with Gasteiger partial charge < -0.3 is 15.0 Å². The van der Waals surface area contributed by atoms with Crippen molar-refractivity contribution in [3.05, 3.63) is 0 Å². The van der Waals surface area contributed by atoms with Crippen LogP contribution in [0.15, 0.2) is 0 Å². The summed E-state index contributed by atoms with van der Waals surface area (Å²) in [6.07, 6.45) is 2.36. The summed E-state index contributed by atoms with van der Waals surface area (Å²) in [5.74, 6) is 0. The zero-order valence-corrected chi connectivity index (χ0v) is 9.10. The Bertz CT molecular complexity index is 142. The molecule has 0 bridgehead atoms. The molecule has 0 spiro atoms. The minimum atomic E-state index is 0.242. The second-order valence-electron chi connectivity index (χ2n) is 4.45. The van der Waals surface area contributed by atoms with E-state index in [4.69, 9.17) is 4.74 Å². The summed E-state index contributed by atoms with van der Waals surface area (Å²) >= 11 is 0. The normalized spacial score (nSPS) is 28.6. The molecule has 1 aliphatic rings. The fourth-order valence-corrected chi connectivity index (χ4v) is 1.59. The number of ether oxygens (including phenoxy) is 1. The monoisotopic (exact) mass is 186 g/mol. The summed E-state index contributed by atoms with van der Waals surface area (Å²) in [4.78, 5) is 2.22. The standard InChI is InChI=1S/C10H22N2O/c1-10(5-8-13-9-10)11-6-4-7-12(2)3/h11H,4-9H2,1-3H3. The van der Waals surface area contributed by atoms with Crippen molar-refractivity contribution >= 4 is 0 Å². The molecule has 0 aromatic carbocycles. The Labute approximate surface area is 81.4 Å². The van der Waals surface area contributed by atoms with Gasteiger partial charge in [-0.3, -0.25) is 0 Å². The first-order valence-corrected chi connectivity index (χ1v) is 5.10. The lowest BCUT2D eigenvalue weighted by Crippen LogP contribution is -2.43. The van der Waals surface area contributed by atoms with Crippen molar-refractivity contribution in [3.63, 3.8) is 0 Å². The van der Waals surface area contributed by atoms with E-state index in [1.54, 1.807) is 0 Å². The minimum absolute atomic E-state index is 0.242. The van der Waals surface area contributed by atoms with Crippen LogP contribution in [0, 0.1) is 0 Å². The number of hydrogen-bond acceptors (Lipinski definition) is 3. The van der Waals surface area contributed by atoms with Crippen LogP contribution in [0.2, 0.25) is 0 Å². The van der Waals surface area contributed by atoms with Crippen molar-refractivity contribution in [2.75, 3.05) is 40.4 Å². The fraction of sp³-hybridized carbons (Fsp3) is 1.00. The predicted molar refractivity (Wildman–Crippen MR) is 55.0 cm³/mol. The molecule has 1 saturated heterocycles. The molecule has 1 fully saturated rings. The Morgan fingerprint density at radius 2 is 2.23 bits per heavy atom. The molecule has 0 amide bonds. The van der Waals surface area contributed by atoms with Gasteiger partial charge in [0.2, 0.25) is 0 Å². The lowest BCUT2D eigenvalue weighted by atomic mass is 10.0. The van der Waals surface area contributed by atoms with Crippen LogP contribution in [0.3, 0.4) is 0 Å². The van der Waals surface area contributed by atoms with Crippen molar-refractivity contribution in [1.29, 1.82) is 0 Å². The van der Waals surface area contributed by atoms with Crippen LogP contribution in [-0.2, 0) is 4.74 Å². The highest BCUT2D eigenvalue weighted by Gasteiger charge is 2.28. The summed E-state index contributed by atoms with van der Waals surface area (Å²) in [6, 6.07) is 0. The molecule has 0 saturated carbocycles. The predicted octanol–water partition coefficient (Wildman–Crippen LogP) is 0.707. The molecule has 1 heterocycles. The first kappa shape index (κ1) is 11.0. The van der Waals surface area contributed by atoms with Gasteiger partial charge in [-0.05, 0) is 47.0 Å². The summed E-state index contributed by atoms with van der Waals surface area (Å²) in [5.41, 5.74) is 0.242. The van der Waals surface area contributed by atoms with Crippen molar-refractivity contribution in [1.82, 2.24) is 10.2 Å². The van der Waals surface area contributed by atoms with Crippen molar-refractivity contribution in [3.8, 4) is 0 Å². The molecule has 78 valence electrons. The van der Waals surface area contributed by atoms with Gasteiger partial charge in [0.15, 0.2) is 0 Å². The highest BCUT2D eigenvalue weighted by molar-refractivity contribution is 4.86. The third kappa shape index (κ3) is 4.07. The second-order valence-corrected chi connectivity index (χ2v) is 4.45. The van der Waals surface area contributed by atoms with Gasteiger partial charge in [0.25, 0.3) is 0 Å². The van der Waals surface area contributed by atoms with Crippen LogP contribution in [0.5, 0.6) is 0 Å². The lowest BCUT2D eigenvalue weighted by Gasteiger charge is -2.23. The Balaban J connectivity index is 2.04. The molecular weight excluding hydrogens is 164 g/mol. The third-order valence-electron chi connectivity index (χ3n) is 2.55. The molecule has 0 radical (unpaired) electrons. The topological polar surface area (TPSA) is 24.5 Å². The SMILES string of the molecule is CN(C)CCCNC1(C)CCOC1. The van der Waals surface area contributed by atoms with Gasteiger partial charge in [-0.2, -0.15) is 0 Å². The number of nitrogens with zero attached hydrogens (tertiary/aromatic N) is 1. The van der Waals surface area contributed by atoms with Gasteiger partial charge in [-0.25, -0.2) is 0 Å². The zero-order valence-electron chi connectivity index (χ0n) is 9.10. The van der Waals surface area contributed by atoms with Crippen LogP contribution in [0.25, 0.3) is 0 Å². The van der Waals surface area contributed by atoms with E-state index in [0.29, 0.717) is 0 Å². The number of rotatable bonds is 5. The fourth-order valence-electron chi connectivity index (χ4n) is 1.59.